The van der Waals surface area contributed by atoms with Gasteiger partial charge in [0.25, 0.3) is 0 Å². The minimum absolute atomic E-state index is 0.125. The molecule has 0 bridgehead atoms. The van der Waals surface area contributed by atoms with Crippen LogP contribution in [0.15, 0.2) is 131 Å². The molecule has 0 aromatic heterocycles. The molecule has 4 aromatic carbocycles. The molecule has 0 unspecified atom stereocenters. The van der Waals surface area contributed by atoms with Crippen molar-refractivity contribution in [1.82, 2.24) is 0 Å². The Labute approximate surface area is 334 Å². The minimum Gasteiger partial charge on any atom is -0.744 e. The van der Waals surface area contributed by atoms with E-state index >= 15 is 0 Å². The van der Waals surface area contributed by atoms with E-state index in [-0.39, 0.29) is 22.5 Å². The number of carbonyl (C=O) groups is 1. The third-order valence-corrected chi connectivity index (χ3v) is 12.6. The van der Waals surface area contributed by atoms with Gasteiger partial charge in [-0.3, -0.25) is 4.79 Å². The SMILES string of the molecule is C[N+]1=C(/C=C/C2=C(Oc3ccc(S(=O)(=O)[O-])cc3)C(=C/C=C3/N(CCCCCC(=O)O)c4ccc(F)cc4C3(C)C)/CCC2)C(C)(C)c2c1ccc1ccccc21. The number of carboxylic acids is 1. The number of carboxylic acid groups (broad SMARTS) is 1. The zero-order chi connectivity index (χ0) is 40.7. The molecule has 0 spiro atoms. The largest absolute Gasteiger partial charge is 0.744 e. The maximum Gasteiger partial charge on any atom is 0.303 e. The number of unbranched alkanes of at least 4 members (excludes halogenated alkanes) is 2. The number of hydrogen-bond acceptors (Lipinski definition) is 6. The first-order valence-electron chi connectivity index (χ1n) is 19.6. The van der Waals surface area contributed by atoms with Gasteiger partial charge in [0, 0.05) is 47.5 Å². The molecule has 1 aliphatic carbocycles. The van der Waals surface area contributed by atoms with Crippen LogP contribution in [0.3, 0.4) is 0 Å². The number of rotatable bonds is 12. The summed E-state index contributed by atoms with van der Waals surface area (Å²) in [6.45, 7) is 9.34. The van der Waals surface area contributed by atoms with Crippen molar-refractivity contribution in [2.24, 2.45) is 0 Å². The summed E-state index contributed by atoms with van der Waals surface area (Å²) >= 11 is 0. The van der Waals surface area contributed by atoms with Crippen LogP contribution in [-0.4, -0.2) is 47.9 Å². The zero-order valence-corrected chi connectivity index (χ0v) is 34.0. The summed E-state index contributed by atoms with van der Waals surface area (Å²) in [7, 11) is -2.53. The van der Waals surface area contributed by atoms with Crippen molar-refractivity contribution in [3.63, 3.8) is 0 Å². The minimum atomic E-state index is -4.63. The lowest BCUT2D eigenvalue weighted by Gasteiger charge is -2.27. The van der Waals surface area contributed by atoms with Gasteiger partial charge in [0.05, 0.1) is 10.3 Å². The smallest absolute Gasteiger partial charge is 0.303 e. The van der Waals surface area contributed by atoms with E-state index in [2.05, 4.69) is 105 Å². The van der Waals surface area contributed by atoms with Crippen molar-refractivity contribution >= 4 is 43.9 Å². The molecule has 0 amide bonds. The number of anilines is 1. The van der Waals surface area contributed by atoms with Gasteiger partial charge in [0.15, 0.2) is 5.71 Å². The van der Waals surface area contributed by atoms with E-state index in [1.807, 2.05) is 6.07 Å². The van der Waals surface area contributed by atoms with E-state index in [9.17, 15) is 22.2 Å². The number of nitrogens with zero attached hydrogens (tertiary/aromatic N) is 2. The topological polar surface area (TPSA) is 110 Å². The fourth-order valence-corrected chi connectivity index (χ4v) is 9.28. The Hall–Kier alpha value is -5.32. The van der Waals surface area contributed by atoms with Gasteiger partial charge in [-0.2, -0.15) is 4.58 Å². The standard InChI is InChI=1S/C47H49FN2O6S/c1-46(2)38-30-34(48)20-26-39(38)50(29-10-6-7-16-43(51)52)42(46)28-19-33-14-11-13-32(45(33)56-35-21-23-36(24-22-35)57(53,54)55)18-27-41-47(3,4)44-37-15-9-8-12-31(37)17-25-40(44)49(41)5/h8-9,12,15,17-28,30H,6-7,10-11,13-14,16,29H2,1-5H3,(H-,51,52,53,54,55). The second kappa shape index (κ2) is 15.6. The first kappa shape index (κ1) is 39.9. The van der Waals surface area contributed by atoms with Gasteiger partial charge in [-0.15, -0.1) is 0 Å². The lowest BCUT2D eigenvalue weighted by molar-refractivity contribution is -0.401. The Morgan fingerprint density at radius 3 is 2.42 bits per heavy atom. The molecule has 1 N–H and O–H groups in total. The Morgan fingerprint density at radius 2 is 1.68 bits per heavy atom. The third kappa shape index (κ3) is 7.85. The number of benzene rings is 4. The van der Waals surface area contributed by atoms with Crippen molar-refractivity contribution in [2.75, 3.05) is 18.5 Å². The van der Waals surface area contributed by atoms with Crippen LogP contribution in [0.5, 0.6) is 5.75 Å². The van der Waals surface area contributed by atoms with E-state index in [1.54, 1.807) is 6.07 Å². The lowest BCUT2D eigenvalue weighted by Crippen LogP contribution is -2.27. The van der Waals surface area contributed by atoms with Crippen molar-refractivity contribution in [3.8, 4) is 5.75 Å². The summed E-state index contributed by atoms with van der Waals surface area (Å²) in [6.07, 6.45) is 13.1. The molecule has 0 saturated carbocycles. The summed E-state index contributed by atoms with van der Waals surface area (Å²) in [5, 5.41) is 11.6. The molecule has 10 heteroatoms. The Kier molecular flexibility index (Phi) is 10.9. The number of ether oxygens (including phenoxy) is 1. The summed E-state index contributed by atoms with van der Waals surface area (Å²) < 4.78 is 58.7. The number of allylic oxidation sites excluding steroid dienone is 7. The predicted octanol–water partition coefficient (Wildman–Crippen LogP) is 10.2. The molecule has 0 atom stereocenters. The van der Waals surface area contributed by atoms with E-state index in [0.717, 1.165) is 65.9 Å². The Bertz CT molecular complexity index is 2530. The van der Waals surface area contributed by atoms with Gasteiger partial charge in [-0.05, 0) is 134 Å². The molecule has 0 radical (unpaired) electrons. The second-order valence-electron chi connectivity index (χ2n) is 16.2. The predicted molar refractivity (Wildman–Crippen MR) is 222 cm³/mol. The van der Waals surface area contributed by atoms with Gasteiger partial charge in [0.1, 0.15) is 34.5 Å². The molecular formula is C47H49FN2O6S. The number of aliphatic carboxylic acids is 1. The molecule has 0 saturated heterocycles. The Balaban J connectivity index is 1.29. The van der Waals surface area contributed by atoms with Crippen LogP contribution in [0.2, 0.25) is 0 Å². The van der Waals surface area contributed by atoms with E-state index in [4.69, 9.17) is 9.84 Å². The lowest BCUT2D eigenvalue weighted by atomic mass is 9.78. The van der Waals surface area contributed by atoms with Crippen LogP contribution < -0.4 is 9.64 Å². The van der Waals surface area contributed by atoms with Crippen LogP contribution in [0.25, 0.3) is 10.8 Å². The van der Waals surface area contributed by atoms with Gasteiger partial charge in [-0.1, -0.05) is 50.6 Å². The van der Waals surface area contributed by atoms with Crippen LogP contribution in [0.1, 0.15) is 83.8 Å². The first-order chi connectivity index (χ1) is 27.1. The monoisotopic (exact) mass is 788 g/mol. The molecular weight excluding hydrogens is 740 g/mol. The summed E-state index contributed by atoms with van der Waals surface area (Å²) in [5.74, 6) is -0.0404. The average molecular weight is 789 g/mol. The van der Waals surface area contributed by atoms with Crippen molar-refractivity contribution in [3.05, 3.63) is 143 Å². The third-order valence-electron chi connectivity index (χ3n) is 11.7. The second-order valence-corrected chi connectivity index (χ2v) is 17.6. The molecule has 4 aromatic rings. The molecule has 2 heterocycles. The molecule has 7 rings (SSSR count). The van der Waals surface area contributed by atoms with Gasteiger partial charge in [-0.25, -0.2) is 12.8 Å². The van der Waals surface area contributed by atoms with E-state index in [1.165, 1.54) is 52.4 Å². The van der Waals surface area contributed by atoms with Crippen LogP contribution in [0.4, 0.5) is 15.8 Å². The van der Waals surface area contributed by atoms with Crippen LogP contribution in [0, 0.1) is 5.82 Å². The summed E-state index contributed by atoms with van der Waals surface area (Å²) in [4.78, 5) is 13.0. The quantitative estimate of drug-likeness (QED) is 0.0865. The fourth-order valence-electron chi connectivity index (χ4n) is 8.81. The molecule has 57 heavy (non-hydrogen) atoms. The highest BCUT2D eigenvalue weighted by molar-refractivity contribution is 7.85. The van der Waals surface area contributed by atoms with Crippen molar-refractivity contribution in [2.45, 2.75) is 88.4 Å². The summed E-state index contributed by atoms with van der Waals surface area (Å²) in [5.41, 5.74) is 7.53. The van der Waals surface area contributed by atoms with Gasteiger partial charge >= 0.3 is 5.97 Å². The van der Waals surface area contributed by atoms with Crippen molar-refractivity contribution < 1.29 is 36.6 Å². The van der Waals surface area contributed by atoms with Crippen molar-refractivity contribution in [1.29, 1.82) is 0 Å². The van der Waals surface area contributed by atoms with Crippen LogP contribution >= 0.6 is 0 Å². The maximum absolute atomic E-state index is 14.7. The van der Waals surface area contributed by atoms with E-state index in [0.29, 0.717) is 24.5 Å². The number of halogens is 1. The molecule has 296 valence electrons. The highest BCUT2D eigenvalue weighted by Gasteiger charge is 2.44. The van der Waals surface area contributed by atoms with Gasteiger partial charge in [0.2, 0.25) is 5.69 Å². The number of hydrogen-bond donors (Lipinski definition) is 1. The normalized spacial score (nSPS) is 19.0. The maximum atomic E-state index is 14.7. The van der Waals surface area contributed by atoms with Crippen LogP contribution in [-0.2, 0) is 25.7 Å². The number of fused-ring (bicyclic) bond motifs is 4. The van der Waals surface area contributed by atoms with E-state index < -0.39 is 21.5 Å². The highest BCUT2D eigenvalue weighted by Crippen LogP contribution is 2.49. The first-order valence-corrected chi connectivity index (χ1v) is 21.0. The molecule has 0 fully saturated rings. The highest BCUT2D eigenvalue weighted by atomic mass is 32.2. The summed E-state index contributed by atoms with van der Waals surface area (Å²) in [6, 6.07) is 23.3. The molecule has 3 aliphatic rings. The Morgan fingerprint density at radius 1 is 0.930 bits per heavy atom. The zero-order valence-electron chi connectivity index (χ0n) is 33.1. The van der Waals surface area contributed by atoms with Gasteiger partial charge < -0.3 is 19.3 Å². The fraction of sp³-hybridized carbons (Fsp3) is 0.319. The molecule has 2 aliphatic heterocycles. The molecule has 8 nitrogen and oxygen atoms in total. The average Bonchev–Trinajstić information content (AvgIpc) is 3.50.